The molecule has 0 unspecified atom stereocenters. The van der Waals surface area contributed by atoms with Crippen molar-refractivity contribution >= 4 is 18.1 Å². The molecule has 0 heterocycles. The molecule has 7 heteroatoms. The summed E-state index contributed by atoms with van der Waals surface area (Å²) in [4.78, 5) is 9.93. The van der Waals surface area contributed by atoms with Crippen LogP contribution >= 0.6 is 12.4 Å². The summed E-state index contributed by atoms with van der Waals surface area (Å²) in [5.41, 5.74) is 10.7. The van der Waals surface area contributed by atoms with Crippen molar-refractivity contribution in [2.24, 2.45) is 11.5 Å². The highest BCUT2D eigenvalue weighted by Gasteiger charge is 2.18. The molecule has 0 saturated carbocycles. The molecule has 0 bridgehead atoms. The van der Waals surface area contributed by atoms with Crippen LogP contribution in [0.1, 0.15) is 11.6 Å². The Balaban J connectivity index is 0.00000196. The third-order valence-electron chi connectivity index (χ3n) is 1.84. The van der Waals surface area contributed by atoms with Gasteiger partial charge in [-0.05, 0) is 12.1 Å². The van der Waals surface area contributed by atoms with Gasteiger partial charge in [-0.2, -0.15) is 0 Å². The van der Waals surface area contributed by atoms with Gasteiger partial charge in [0, 0.05) is 18.7 Å². The molecule has 0 saturated heterocycles. The first-order valence-corrected chi connectivity index (χ1v) is 3.95. The van der Waals surface area contributed by atoms with Crippen LogP contribution in [0.25, 0.3) is 0 Å². The van der Waals surface area contributed by atoms with Crippen molar-refractivity contribution in [2.75, 3.05) is 6.54 Å². The lowest BCUT2D eigenvalue weighted by Crippen LogP contribution is -2.21. The van der Waals surface area contributed by atoms with E-state index in [4.69, 9.17) is 11.5 Å². The molecule has 84 valence electrons. The number of nitrogens with zero attached hydrogens (tertiary/aromatic N) is 1. The van der Waals surface area contributed by atoms with E-state index in [9.17, 15) is 14.5 Å². The molecule has 1 aromatic rings. The number of hydrogen-bond acceptors (Lipinski definition) is 4. The van der Waals surface area contributed by atoms with Gasteiger partial charge < -0.3 is 11.5 Å². The topological polar surface area (TPSA) is 95.2 Å². The Hall–Kier alpha value is -1.24. The van der Waals surface area contributed by atoms with Gasteiger partial charge in [0.15, 0.2) is 0 Å². The highest BCUT2D eigenvalue weighted by molar-refractivity contribution is 5.85. The molecule has 0 spiro atoms. The van der Waals surface area contributed by atoms with E-state index < -0.39 is 16.8 Å². The highest BCUT2D eigenvalue weighted by Crippen LogP contribution is 2.23. The fourth-order valence-corrected chi connectivity index (χ4v) is 1.12. The second kappa shape index (κ2) is 5.59. The standard InChI is InChI=1S/C8H10FN3O2.ClH/c9-5-1-2-8(12(13)14)6(3-5)7(11)4-10;/h1-3,7H,4,10-11H2;1H/t7-;/m1./s1. The molecule has 5 nitrogen and oxygen atoms in total. The Kier molecular flexibility index (Phi) is 5.13. The molecule has 0 fully saturated rings. The van der Waals surface area contributed by atoms with Crippen LogP contribution in [0.15, 0.2) is 18.2 Å². The first-order chi connectivity index (χ1) is 6.56. The minimum Gasteiger partial charge on any atom is -0.329 e. The van der Waals surface area contributed by atoms with Gasteiger partial charge in [0.25, 0.3) is 5.69 Å². The van der Waals surface area contributed by atoms with Crippen molar-refractivity contribution in [1.29, 1.82) is 0 Å². The van der Waals surface area contributed by atoms with Crippen LogP contribution in [0.5, 0.6) is 0 Å². The smallest absolute Gasteiger partial charge is 0.274 e. The maximum absolute atomic E-state index is 12.8. The quantitative estimate of drug-likeness (QED) is 0.606. The second-order valence-corrected chi connectivity index (χ2v) is 2.80. The van der Waals surface area contributed by atoms with Crippen LogP contribution in [-0.4, -0.2) is 11.5 Å². The predicted octanol–water partition coefficient (Wildman–Crippen LogP) is 1.11. The Labute approximate surface area is 91.8 Å². The largest absolute Gasteiger partial charge is 0.329 e. The molecule has 0 aliphatic heterocycles. The summed E-state index contributed by atoms with van der Waals surface area (Å²) >= 11 is 0. The maximum Gasteiger partial charge on any atom is 0.274 e. The number of halogens is 2. The zero-order valence-corrected chi connectivity index (χ0v) is 8.54. The molecule has 0 aliphatic rings. The molecule has 1 rings (SSSR count). The maximum atomic E-state index is 12.8. The van der Waals surface area contributed by atoms with E-state index in [1.54, 1.807) is 0 Å². The average Bonchev–Trinajstić information content (AvgIpc) is 2.16. The Bertz CT molecular complexity index is 362. The van der Waals surface area contributed by atoms with E-state index in [1.165, 1.54) is 0 Å². The molecule has 4 N–H and O–H groups in total. The number of nitro groups is 1. The molecule has 1 atom stereocenters. The van der Waals surface area contributed by atoms with Crippen LogP contribution in [0.3, 0.4) is 0 Å². The first kappa shape index (κ1) is 13.8. The van der Waals surface area contributed by atoms with Gasteiger partial charge in [-0.25, -0.2) is 4.39 Å². The minimum absolute atomic E-state index is 0. The highest BCUT2D eigenvalue weighted by atomic mass is 35.5. The molecule has 15 heavy (non-hydrogen) atoms. The minimum atomic E-state index is -0.717. The van der Waals surface area contributed by atoms with Gasteiger partial charge in [-0.15, -0.1) is 12.4 Å². The van der Waals surface area contributed by atoms with Crippen molar-refractivity contribution in [2.45, 2.75) is 6.04 Å². The number of nitrogens with two attached hydrogens (primary N) is 2. The van der Waals surface area contributed by atoms with Crippen molar-refractivity contribution < 1.29 is 9.31 Å². The van der Waals surface area contributed by atoms with E-state index in [-0.39, 0.29) is 30.2 Å². The molecular weight excluding hydrogens is 225 g/mol. The molecular formula is C8H11ClFN3O2. The first-order valence-electron chi connectivity index (χ1n) is 3.95. The number of rotatable bonds is 3. The van der Waals surface area contributed by atoms with Crippen LogP contribution in [0, 0.1) is 15.9 Å². The van der Waals surface area contributed by atoms with Gasteiger partial charge in [-0.1, -0.05) is 0 Å². The summed E-state index contributed by atoms with van der Waals surface area (Å²) in [5, 5.41) is 10.5. The molecule has 0 aromatic heterocycles. The lowest BCUT2D eigenvalue weighted by atomic mass is 10.1. The average molecular weight is 236 g/mol. The second-order valence-electron chi connectivity index (χ2n) is 2.80. The monoisotopic (exact) mass is 235 g/mol. The van der Waals surface area contributed by atoms with Crippen molar-refractivity contribution in [3.8, 4) is 0 Å². The fraction of sp³-hybridized carbons (Fsp3) is 0.250. The van der Waals surface area contributed by atoms with E-state index in [1.807, 2.05) is 0 Å². The van der Waals surface area contributed by atoms with E-state index in [0.717, 1.165) is 18.2 Å². The number of benzene rings is 1. The van der Waals surface area contributed by atoms with Gasteiger partial charge in [0.2, 0.25) is 0 Å². The van der Waals surface area contributed by atoms with Gasteiger partial charge >= 0.3 is 0 Å². The Morgan fingerprint density at radius 3 is 2.60 bits per heavy atom. The summed E-state index contributed by atoms with van der Waals surface area (Å²) in [6.45, 7) is 0.0320. The fourth-order valence-electron chi connectivity index (χ4n) is 1.12. The molecule has 0 amide bonds. The summed E-state index contributed by atoms with van der Waals surface area (Å²) in [7, 11) is 0. The summed E-state index contributed by atoms with van der Waals surface area (Å²) in [6, 6.07) is 2.42. The predicted molar refractivity (Wildman–Crippen MR) is 56.3 cm³/mol. The Morgan fingerprint density at radius 2 is 2.13 bits per heavy atom. The van der Waals surface area contributed by atoms with E-state index in [2.05, 4.69) is 0 Å². The summed E-state index contributed by atoms with van der Waals surface area (Å²) < 4.78 is 12.8. The molecule has 1 aromatic carbocycles. The third kappa shape index (κ3) is 3.12. The van der Waals surface area contributed by atoms with Gasteiger partial charge in [-0.3, -0.25) is 10.1 Å². The zero-order valence-electron chi connectivity index (χ0n) is 7.72. The van der Waals surface area contributed by atoms with Crippen LogP contribution in [0.2, 0.25) is 0 Å². The summed E-state index contributed by atoms with van der Waals surface area (Å²) in [5.74, 6) is -0.561. The summed E-state index contributed by atoms with van der Waals surface area (Å²) in [6.07, 6.45) is 0. The Morgan fingerprint density at radius 1 is 1.53 bits per heavy atom. The van der Waals surface area contributed by atoms with Crippen LogP contribution in [0.4, 0.5) is 10.1 Å². The number of nitro benzene ring substituents is 1. The molecule has 0 aliphatic carbocycles. The van der Waals surface area contributed by atoms with Crippen molar-refractivity contribution in [1.82, 2.24) is 0 Å². The van der Waals surface area contributed by atoms with Crippen molar-refractivity contribution in [3.05, 3.63) is 39.7 Å². The SMILES string of the molecule is Cl.NC[C@@H](N)c1cc(F)ccc1[N+](=O)[O-]. The van der Waals surface area contributed by atoms with Gasteiger partial charge in [0.05, 0.1) is 10.5 Å². The van der Waals surface area contributed by atoms with Crippen LogP contribution in [-0.2, 0) is 0 Å². The lowest BCUT2D eigenvalue weighted by Gasteiger charge is -2.09. The van der Waals surface area contributed by atoms with E-state index >= 15 is 0 Å². The van der Waals surface area contributed by atoms with Gasteiger partial charge in [0.1, 0.15) is 5.82 Å². The lowest BCUT2D eigenvalue weighted by molar-refractivity contribution is -0.385. The number of hydrogen-bond donors (Lipinski definition) is 2. The van der Waals surface area contributed by atoms with Crippen LogP contribution < -0.4 is 11.5 Å². The third-order valence-corrected chi connectivity index (χ3v) is 1.84. The van der Waals surface area contributed by atoms with E-state index in [0.29, 0.717) is 0 Å². The molecule has 0 radical (unpaired) electrons. The normalized spacial score (nSPS) is 11.7. The zero-order chi connectivity index (χ0) is 10.7. The van der Waals surface area contributed by atoms with Crippen molar-refractivity contribution in [3.63, 3.8) is 0 Å².